The minimum absolute atomic E-state index is 0.149. The first kappa shape index (κ1) is 22.0. The van der Waals surface area contributed by atoms with Gasteiger partial charge in [-0.3, -0.25) is 9.36 Å². The Morgan fingerprint density at radius 3 is 2.53 bits per heavy atom. The largest absolute Gasteiger partial charge is 0.454 e. The predicted molar refractivity (Wildman–Crippen MR) is 126 cm³/mol. The van der Waals surface area contributed by atoms with E-state index >= 15 is 0 Å². The van der Waals surface area contributed by atoms with Crippen LogP contribution in [0.25, 0.3) is 5.69 Å². The monoisotopic (exact) mass is 476 g/mol. The van der Waals surface area contributed by atoms with E-state index in [2.05, 4.69) is 15.5 Å². The minimum Gasteiger partial charge on any atom is -0.454 e. The number of carbonyl (C=O) groups is 1. The van der Waals surface area contributed by atoms with Gasteiger partial charge in [-0.05, 0) is 66.6 Å². The highest BCUT2D eigenvalue weighted by molar-refractivity contribution is 7.98. The normalized spacial score (nSPS) is 12.1. The molecule has 3 aromatic carbocycles. The van der Waals surface area contributed by atoms with E-state index in [1.54, 1.807) is 24.3 Å². The van der Waals surface area contributed by atoms with Crippen molar-refractivity contribution < 1.29 is 18.7 Å². The third-order valence-electron chi connectivity index (χ3n) is 5.35. The molecule has 9 heteroatoms. The fraction of sp³-hybridized carbons (Fsp3) is 0.160. The summed E-state index contributed by atoms with van der Waals surface area (Å²) in [5.41, 5.74) is 3.37. The zero-order valence-electron chi connectivity index (χ0n) is 18.3. The zero-order chi connectivity index (χ0) is 23.5. The van der Waals surface area contributed by atoms with Crippen molar-refractivity contribution in [1.82, 2.24) is 20.1 Å². The van der Waals surface area contributed by atoms with Crippen LogP contribution in [0.3, 0.4) is 0 Å². The summed E-state index contributed by atoms with van der Waals surface area (Å²) in [5.74, 6) is 2.35. The first-order chi connectivity index (χ1) is 16.6. The summed E-state index contributed by atoms with van der Waals surface area (Å²) in [6, 6.07) is 19.3. The molecule has 1 aromatic heterocycles. The fourth-order valence-electron chi connectivity index (χ4n) is 3.56. The number of amides is 1. The Bertz CT molecular complexity index is 1320. The van der Waals surface area contributed by atoms with Crippen LogP contribution in [0.5, 0.6) is 11.5 Å². The molecule has 0 aliphatic carbocycles. The molecule has 1 aliphatic heterocycles. The van der Waals surface area contributed by atoms with Gasteiger partial charge in [0.05, 0.1) is 0 Å². The Balaban J connectivity index is 1.19. The van der Waals surface area contributed by atoms with E-state index in [4.69, 9.17) is 9.47 Å². The van der Waals surface area contributed by atoms with Crippen LogP contribution in [0.1, 0.15) is 27.3 Å². The van der Waals surface area contributed by atoms with Gasteiger partial charge in [0.25, 0.3) is 5.91 Å². The van der Waals surface area contributed by atoms with Crippen molar-refractivity contribution >= 4 is 17.7 Å². The van der Waals surface area contributed by atoms with Crippen LogP contribution in [-0.2, 0) is 12.3 Å². The Morgan fingerprint density at radius 2 is 1.74 bits per heavy atom. The van der Waals surface area contributed by atoms with Crippen LogP contribution in [-0.4, -0.2) is 27.5 Å². The van der Waals surface area contributed by atoms with Crippen LogP contribution in [0.15, 0.2) is 71.9 Å². The number of nitrogens with zero attached hydrogens (tertiary/aromatic N) is 3. The van der Waals surface area contributed by atoms with Gasteiger partial charge in [-0.1, -0.05) is 30.0 Å². The summed E-state index contributed by atoms with van der Waals surface area (Å²) in [6.07, 6.45) is 0. The second kappa shape index (κ2) is 9.56. The highest BCUT2D eigenvalue weighted by atomic mass is 32.2. The number of thioether (sulfide) groups is 1. The van der Waals surface area contributed by atoms with E-state index in [1.807, 2.05) is 41.8 Å². The lowest BCUT2D eigenvalue weighted by atomic mass is 10.1. The second-order valence-corrected chi connectivity index (χ2v) is 8.64. The summed E-state index contributed by atoms with van der Waals surface area (Å²) < 4.78 is 25.9. The van der Waals surface area contributed by atoms with Crippen LogP contribution in [0.2, 0.25) is 0 Å². The zero-order valence-corrected chi connectivity index (χ0v) is 19.1. The van der Waals surface area contributed by atoms with Gasteiger partial charge in [0.15, 0.2) is 16.7 Å². The third-order valence-corrected chi connectivity index (χ3v) is 6.35. The second-order valence-electron chi connectivity index (χ2n) is 7.70. The summed E-state index contributed by atoms with van der Waals surface area (Å²) in [6.45, 7) is 2.48. The SMILES string of the molecule is Cc1nnc(SCc2ccc(C(=O)NCc3ccc4c(c3)OCO4)cc2)n1-c1ccc(F)cc1. The molecule has 4 aromatic rings. The third kappa shape index (κ3) is 4.74. The van der Waals surface area contributed by atoms with Crippen molar-refractivity contribution in [2.45, 2.75) is 24.4 Å². The highest BCUT2D eigenvalue weighted by Crippen LogP contribution is 2.32. The van der Waals surface area contributed by atoms with E-state index in [-0.39, 0.29) is 18.5 Å². The topological polar surface area (TPSA) is 78.3 Å². The van der Waals surface area contributed by atoms with E-state index in [0.717, 1.165) is 33.5 Å². The first-order valence-electron chi connectivity index (χ1n) is 10.6. The van der Waals surface area contributed by atoms with Gasteiger partial charge in [0, 0.05) is 23.5 Å². The summed E-state index contributed by atoms with van der Waals surface area (Å²) in [7, 11) is 0. The number of benzene rings is 3. The van der Waals surface area contributed by atoms with Gasteiger partial charge in [-0.25, -0.2) is 4.39 Å². The smallest absolute Gasteiger partial charge is 0.251 e. The van der Waals surface area contributed by atoms with E-state index in [9.17, 15) is 9.18 Å². The molecule has 1 N–H and O–H groups in total. The van der Waals surface area contributed by atoms with Gasteiger partial charge in [-0.2, -0.15) is 0 Å². The molecule has 1 aliphatic rings. The predicted octanol–water partition coefficient (Wildman–Crippen LogP) is 4.67. The fourth-order valence-corrected chi connectivity index (χ4v) is 4.51. The summed E-state index contributed by atoms with van der Waals surface area (Å²) in [5, 5.41) is 12.1. The number of nitrogens with one attached hydrogen (secondary N) is 1. The van der Waals surface area contributed by atoms with Gasteiger partial charge in [0.1, 0.15) is 11.6 Å². The van der Waals surface area contributed by atoms with E-state index in [0.29, 0.717) is 23.6 Å². The number of ether oxygens (including phenoxy) is 2. The average Bonchev–Trinajstić information content (AvgIpc) is 3.48. The highest BCUT2D eigenvalue weighted by Gasteiger charge is 2.14. The van der Waals surface area contributed by atoms with Gasteiger partial charge in [-0.15, -0.1) is 10.2 Å². The molecule has 1 amide bonds. The molecule has 0 bridgehead atoms. The number of hydrogen-bond acceptors (Lipinski definition) is 6. The quantitative estimate of drug-likeness (QED) is 0.391. The number of rotatable bonds is 7. The van der Waals surface area contributed by atoms with Crippen molar-refractivity contribution in [3.05, 3.63) is 95.1 Å². The first-order valence-corrected chi connectivity index (χ1v) is 11.6. The van der Waals surface area contributed by atoms with Crippen molar-refractivity contribution in [3.63, 3.8) is 0 Å². The molecule has 0 saturated carbocycles. The number of halogens is 1. The van der Waals surface area contributed by atoms with Gasteiger partial charge >= 0.3 is 0 Å². The number of aromatic nitrogens is 3. The minimum atomic E-state index is -0.288. The molecule has 172 valence electrons. The maximum atomic E-state index is 13.3. The number of carbonyl (C=O) groups excluding carboxylic acids is 1. The molecule has 7 nitrogen and oxygen atoms in total. The Hall–Kier alpha value is -3.85. The molecule has 0 spiro atoms. The Kier molecular flexibility index (Phi) is 6.18. The molecule has 34 heavy (non-hydrogen) atoms. The average molecular weight is 477 g/mol. The number of fused-ring (bicyclic) bond motifs is 1. The molecule has 5 rings (SSSR count). The molecule has 0 atom stereocenters. The molecule has 0 fully saturated rings. The molecule has 0 radical (unpaired) electrons. The van der Waals surface area contributed by atoms with Crippen LogP contribution < -0.4 is 14.8 Å². The lowest BCUT2D eigenvalue weighted by Gasteiger charge is -2.09. The van der Waals surface area contributed by atoms with E-state index < -0.39 is 0 Å². The van der Waals surface area contributed by atoms with Crippen molar-refractivity contribution in [1.29, 1.82) is 0 Å². The maximum Gasteiger partial charge on any atom is 0.251 e. The molecule has 0 saturated heterocycles. The van der Waals surface area contributed by atoms with Crippen LogP contribution >= 0.6 is 11.8 Å². The number of hydrogen-bond donors (Lipinski definition) is 1. The Labute approximate surface area is 199 Å². The molecular weight excluding hydrogens is 455 g/mol. The van der Waals surface area contributed by atoms with Gasteiger partial charge in [0.2, 0.25) is 6.79 Å². The van der Waals surface area contributed by atoms with Gasteiger partial charge < -0.3 is 14.8 Å². The van der Waals surface area contributed by atoms with Crippen molar-refractivity contribution in [3.8, 4) is 17.2 Å². The molecular formula is C25H21FN4O3S. The van der Waals surface area contributed by atoms with E-state index in [1.165, 1.54) is 23.9 Å². The standard InChI is InChI=1S/C25H21FN4O3S/c1-16-28-29-25(30(16)21-9-7-20(26)8-10-21)34-14-17-2-5-19(6-3-17)24(31)27-13-18-4-11-22-23(12-18)33-15-32-22/h2-12H,13-15H2,1H3,(H,27,31). The molecule has 2 heterocycles. The maximum absolute atomic E-state index is 13.3. The summed E-state index contributed by atoms with van der Waals surface area (Å²) in [4.78, 5) is 12.6. The number of aryl methyl sites for hydroxylation is 1. The summed E-state index contributed by atoms with van der Waals surface area (Å²) >= 11 is 1.52. The lowest BCUT2D eigenvalue weighted by molar-refractivity contribution is 0.0951. The van der Waals surface area contributed by atoms with Crippen molar-refractivity contribution in [2.75, 3.05) is 6.79 Å². The molecule has 0 unspecified atom stereocenters. The lowest BCUT2D eigenvalue weighted by Crippen LogP contribution is -2.22. The van der Waals surface area contributed by atoms with Crippen molar-refractivity contribution in [2.24, 2.45) is 0 Å². The van der Waals surface area contributed by atoms with Crippen LogP contribution in [0.4, 0.5) is 4.39 Å². The van der Waals surface area contributed by atoms with Crippen LogP contribution in [0, 0.1) is 12.7 Å². The Morgan fingerprint density at radius 1 is 1.00 bits per heavy atom.